The molecule has 0 radical (unpaired) electrons. The summed E-state index contributed by atoms with van der Waals surface area (Å²) in [6, 6.07) is -0.676. The van der Waals surface area contributed by atoms with Crippen LogP contribution in [0.15, 0.2) is 0 Å². The van der Waals surface area contributed by atoms with Crippen LogP contribution < -0.4 is 5.73 Å². The monoisotopic (exact) mass is 147 g/mol. The summed E-state index contributed by atoms with van der Waals surface area (Å²) in [6.07, 6.45) is 2.42. The van der Waals surface area contributed by atoms with Crippen molar-refractivity contribution < 1.29 is 14.9 Å². The molecule has 0 saturated heterocycles. The number of carbonyl (C=O) groups is 1. The van der Waals surface area contributed by atoms with Crippen molar-refractivity contribution in [2.45, 2.75) is 32.2 Å². The Morgan fingerprint density at radius 2 is 2.40 bits per heavy atom. The molecule has 0 aromatic heterocycles. The molecule has 4 nitrogen and oxygen atoms in total. The molecule has 0 bridgehead atoms. The van der Waals surface area contributed by atoms with Gasteiger partial charge in [-0.3, -0.25) is 4.89 Å². The quantitative estimate of drug-likeness (QED) is 0.449. The van der Waals surface area contributed by atoms with Gasteiger partial charge in [-0.15, -0.1) is 0 Å². The molecule has 0 amide bonds. The number of nitrogens with two attached hydrogens (primary N) is 1. The maximum absolute atomic E-state index is 10.4. The van der Waals surface area contributed by atoms with Gasteiger partial charge in [-0.25, -0.2) is 4.79 Å². The molecule has 0 rings (SSSR count). The van der Waals surface area contributed by atoms with E-state index < -0.39 is 12.0 Å². The smallest absolute Gasteiger partial charge is 0.318 e. The summed E-state index contributed by atoms with van der Waals surface area (Å²) in [5.41, 5.74) is 5.28. The summed E-state index contributed by atoms with van der Waals surface area (Å²) in [6.45, 7) is 2.00. The van der Waals surface area contributed by atoms with Gasteiger partial charge in [-0.1, -0.05) is 19.8 Å². The fraction of sp³-hybridized carbons (Fsp3) is 0.833. The van der Waals surface area contributed by atoms with Crippen LogP contribution in [0, 0.1) is 0 Å². The van der Waals surface area contributed by atoms with Gasteiger partial charge in [-0.2, -0.15) is 5.26 Å². The highest BCUT2D eigenvalue weighted by molar-refractivity contribution is 5.74. The van der Waals surface area contributed by atoms with Gasteiger partial charge in [0.15, 0.2) is 0 Å². The van der Waals surface area contributed by atoms with Crippen LogP contribution in [0.5, 0.6) is 0 Å². The van der Waals surface area contributed by atoms with Crippen molar-refractivity contribution in [2.24, 2.45) is 5.73 Å². The lowest BCUT2D eigenvalue weighted by Crippen LogP contribution is -2.31. The molecule has 0 aliphatic carbocycles. The van der Waals surface area contributed by atoms with Gasteiger partial charge in [0.2, 0.25) is 0 Å². The Kier molecular flexibility index (Phi) is 4.88. The van der Waals surface area contributed by atoms with Crippen molar-refractivity contribution in [2.75, 3.05) is 0 Å². The summed E-state index contributed by atoms with van der Waals surface area (Å²) in [7, 11) is 0. The second kappa shape index (κ2) is 5.20. The Morgan fingerprint density at radius 1 is 1.80 bits per heavy atom. The lowest BCUT2D eigenvalue weighted by Gasteiger charge is -2.04. The third kappa shape index (κ3) is 3.42. The van der Waals surface area contributed by atoms with E-state index in [0.717, 1.165) is 12.8 Å². The lowest BCUT2D eigenvalue weighted by molar-refractivity contribution is -0.235. The van der Waals surface area contributed by atoms with E-state index in [1.807, 2.05) is 6.92 Å². The van der Waals surface area contributed by atoms with Crippen molar-refractivity contribution in [1.82, 2.24) is 0 Å². The molecule has 0 spiro atoms. The normalized spacial score (nSPS) is 12.7. The van der Waals surface area contributed by atoms with Crippen LogP contribution in [0.4, 0.5) is 0 Å². The van der Waals surface area contributed by atoms with E-state index in [1.165, 1.54) is 0 Å². The molecule has 0 heterocycles. The summed E-state index contributed by atoms with van der Waals surface area (Å²) in [5, 5.41) is 7.87. The zero-order chi connectivity index (χ0) is 7.98. The number of hydrogen-bond acceptors (Lipinski definition) is 4. The van der Waals surface area contributed by atoms with Gasteiger partial charge in [0.05, 0.1) is 0 Å². The van der Waals surface area contributed by atoms with Gasteiger partial charge < -0.3 is 5.73 Å². The Morgan fingerprint density at radius 3 is 2.80 bits per heavy atom. The van der Waals surface area contributed by atoms with E-state index in [0.29, 0.717) is 6.42 Å². The van der Waals surface area contributed by atoms with Crippen molar-refractivity contribution in [1.29, 1.82) is 0 Å². The minimum Gasteiger partial charge on any atom is -0.318 e. The molecule has 0 saturated carbocycles. The standard InChI is InChI=1S/C6H13NO3/c1-2-3-4-5(7)6(8)10-9/h5,9H,2-4,7H2,1H3/t5-/m0/s1. The first-order chi connectivity index (χ1) is 4.72. The molecule has 3 N–H and O–H groups in total. The highest BCUT2D eigenvalue weighted by Crippen LogP contribution is 1.98. The molecule has 0 aromatic carbocycles. The SMILES string of the molecule is CCCC[C@H](N)C(=O)OO. The third-order valence-corrected chi connectivity index (χ3v) is 1.26. The van der Waals surface area contributed by atoms with Gasteiger partial charge in [0.25, 0.3) is 0 Å². The van der Waals surface area contributed by atoms with Crippen LogP contribution in [-0.2, 0) is 9.68 Å². The van der Waals surface area contributed by atoms with Gasteiger partial charge in [0, 0.05) is 0 Å². The van der Waals surface area contributed by atoms with E-state index in [9.17, 15) is 4.79 Å². The van der Waals surface area contributed by atoms with E-state index in [-0.39, 0.29) is 0 Å². The predicted octanol–water partition coefficient (Wildman–Crippen LogP) is 0.520. The number of carbonyl (C=O) groups excluding carboxylic acids is 1. The van der Waals surface area contributed by atoms with E-state index in [2.05, 4.69) is 4.89 Å². The molecular formula is C6H13NO3. The van der Waals surface area contributed by atoms with Crippen LogP contribution in [0.25, 0.3) is 0 Å². The molecule has 0 unspecified atom stereocenters. The summed E-state index contributed by atoms with van der Waals surface area (Å²) < 4.78 is 0. The van der Waals surface area contributed by atoms with Crippen LogP contribution in [-0.4, -0.2) is 17.3 Å². The molecule has 4 heteroatoms. The molecule has 60 valence electrons. The van der Waals surface area contributed by atoms with Crippen molar-refractivity contribution in [3.8, 4) is 0 Å². The highest BCUT2D eigenvalue weighted by Gasteiger charge is 2.13. The molecule has 0 fully saturated rings. The lowest BCUT2D eigenvalue weighted by atomic mass is 10.1. The van der Waals surface area contributed by atoms with Gasteiger partial charge in [0.1, 0.15) is 6.04 Å². The van der Waals surface area contributed by atoms with Crippen molar-refractivity contribution in [3.63, 3.8) is 0 Å². The first kappa shape index (κ1) is 9.39. The Hall–Kier alpha value is -0.610. The minimum atomic E-state index is -0.756. The second-order valence-electron chi connectivity index (χ2n) is 2.16. The third-order valence-electron chi connectivity index (χ3n) is 1.26. The maximum Gasteiger partial charge on any atom is 0.358 e. The fourth-order valence-electron chi connectivity index (χ4n) is 0.610. The Bertz CT molecular complexity index is 105. The number of hydrogen-bond donors (Lipinski definition) is 2. The molecular weight excluding hydrogens is 134 g/mol. The minimum absolute atomic E-state index is 0.565. The zero-order valence-corrected chi connectivity index (χ0v) is 6.04. The first-order valence-corrected chi connectivity index (χ1v) is 3.33. The average molecular weight is 147 g/mol. The van der Waals surface area contributed by atoms with Crippen molar-refractivity contribution >= 4 is 5.97 Å². The predicted molar refractivity (Wildman–Crippen MR) is 36.2 cm³/mol. The largest absolute Gasteiger partial charge is 0.358 e. The first-order valence-electron chi connectivity index (χ1n) is 3.33. The van der Waals surface area contributed by atoms with E-state index in [4.69, 9.17) is 11.0 Å². The zero-order valence-electron chi connectivity index (χ0n) is 6.04. The summed E-state index contributed by atoms with van der Waals surface area (Å²) in [5.74, 6) is -0.756. The molecule has 10 heavy (non-hydrogen) atoms. The van der Waals surface area contributed by atoms with Crippen LogP contribution in [0.1, 0.15) is 26.2 Å². The number of unbranched alkanes of at least 4 members (excludes halogenated alkanes) is 1. The van der Waals surface area contributed by atoms with E-state index in [1.54, 1.807) is 0 Å². The maximum atomic E-state index is 10.4. The van der Waals surface area contributed by atoms with Crippen LogP contribution in [0.2, 0.25) is 0 Å². The highest BCUT2D eigenvalue weighted by atomic mass is 17.1. The Labute approximate surface area is 59.9 Å². The second-order valence-corrected chi connectivity index (χ2v) is 2.16. The van der Waals surface area contributed by atoms with Crippen LogP contribution in [0.3, 0.4) is 0 Å². The van der Waals surface area contributed by atoms with E-state index >= 15 is 0 Å². The summed E-state index contributed by atoms with van der Waals surface area (Å²) >= 11 is 0. The molecule has 0 aromatic rings. The average Bonchev–Trinajstić information content (AvgIpc) is 1.98. The molecule has 1 atom stereocenters. The Balaban J connectivity index is 3.41. The van der Waals surface area contributed by atoms with Crippen molar-refractivity contribution in [3.05, 3.63) is 0 Å². The van der Waals surface area contributed by atoms with Crippen LogP contribution >= 0.6 is 0 Å². The van der Waals surface area contributed by atoms with Gasteiger partial charge in [-0.05, 0) is 6.42 Å². The molecule has 0 aliphatic rings. The van der Waals surface area contributed by atoms with Gasteiger partial charge >= 0.3 is 5.97 Å². The summed E-state index contributed by atoms with van der Waals surface area (Å²) in [4.78, 5) is 13.9. The topological polar surface area (TPSA) is 72.6 Å². The molecule has 0 aliphatic heterocycles. The number of rotatable bonds is 4. The fourth-order valence-corrected chi connectivity index (χ4v) is 0.610.